The predicted octanol–water partition coefficient (Wildman–Crippen LogP) is 4.12. The van der Waals surface area contributed by atoms with Gasteiger partial charge in [0.15, 0.2) is 0 Å². The minimum Gasteiger partial charge on any atom is -0.442 e. The number of benzene rings is 3. The van der Waals surface area contributed by atoms with Gasteiger partial charge in [-0.25, -0.2) is 17.6 Å². The van der Waals surface area contributed by atoms with Crippen molar-refractivity contribution in [2.75, 3.05) is 11.4 Å². The molecule has 0 radical (unpaired) electrons. The van der Waals surface area contributed by atoms with Gasteiger partial charge in [-0.2, -0.15) is 0 Å². The van der Waals surface area contributed by atoms with E-state index in [1.54, 1.807) is 0 Å². The van der Waals surface area contributed by atoms with Gasteiger partial charge in [-0.15, -0.1) is 0 Å². The highest BCUT2D eigenvalue weighted by molar-refractivity contribution is 8.13. The zero-order valence-electron chi connectivity index (χ0n) is 17.7. The molecule has 3 aromatic rings. The van der Waals surface area contributed by atoms with Crippen LogP contribution in [0.2, 0.25) is 0 Å². The minimum atomic E-state index is -3.89. The van der Waals surface area contributed by atoms with Crippen molar-refractivity contribution in [3.05, 3.63) is 95.8 Å². The highest BCUT2D eigenvalue weighted by Gasteiger charge is 2.38. The Hall–Kier alpha value is -3.43. The van der Waals surface area contributed by atoms with Gasteiger partial charge >= 0.3 is 6.09 Å². The summed E-state index contributed by atoms with van der Waals surface area (Å²) in [6, 6.07) is 19.5. The number of ether oxygens (including phenoxy) is 1. The van der Waals surface area contributed by atoms with E-state index in [-0.39, 0.29) is 17.0 Å². The number of cyclic esters (lactones) is 1. The average Bonchev–Trinajstić information content (AvgIpc) is 3.21. The van der Waals surface area contributed by atoms with Gasteiger partial charge in [0.25, 0.3) is 15.0 Å². The molecular weight excluding hydrogens is 483 g/mol. The molecule has 2 amide bonds. The average molecular weight is 503 g/mol. The molecular formula is C24H20ClFN2O5S. The first-order chi connectivity index (χ1) is 16.2. The predicted molar refractivity (Wildman–Crippen MR) is 125 cm³/mol. The van der Waals surface area contributed by atoms with E-state index < -0.39 is 39.0 Å². The molecule has 1 N–H and O–H groups in total. The molecule has 0 bridgehead atoms. The first kappa shape index (κ1) is 23.7. The van der Waals surface area contributed by atoms with E-state index >= 15 is 0 Å². The topological polar surface area (TPSA) is 92.8 Å². The molecule has 1 aliphatic rings. The number of carbonyl (C=O) groups is 2. The molecule has 1 aliphatic heterocycles. The number of hydrogen-bond acceptors (Lipinski definition) is 5. The highest BCUT2D eigenvalue weighted by Crippen LogP contribution is 2.26. The third-order valence-corrected chi connectivity index (χ3v) is 6.80. The summed E-state index contributed by atoms with van der Waals surface area (Å²) in [7, 11) is 1.46. The van der Waals surface area contributed by atoms with Gasteiger partial charge in [0.1, 0.15) is 11.9 Å². The summed E-state index contributed by atoms with van der Waals surface area (Å²) in [5, 5.41) is 2.90. The Balaban J connectivity index is 1.55. The molecule has 2 atom stereocenters. The maximum absolute atomic E-state index is 13.2. The van der Waals surface area contributed by atoms with Crippen LogP contribution < -0.4 is 10.2 Å². The molecule has 1 saturated heterocycles. The summed E-state index contributed by atoms with van der Waals surface area (Å²) in [6.07, 6.45) is -0.919. The van der Waals surface area contributed by atoms with E-state index in [4.69, 9.17) is 15.4 Å². The van der Waals surface area contributed by atoms with Gasteiger partial charge in [-0.3, -0.25) is 9.69 Å². The van der Waals surface area contributed by atoms with E-state index in [0.29, 0.717) is 12.1 Å². The second-order valence-electron chi connectivity index (χ2n) is 7.74. The molecule has 0 aromatic heterocycles. The number of nitrogens with one attached hydrogen (secondary N) is 1. The fourth-order valence-corrected chi connectivity index (χ4v) is 4.46. The van der Waals surface area contributed by atoms with Crippen molar-refractivity contribution in [3.63, 3.8) is 0 Å². The van der Waals surface area contributed by atoms with Crippen molar-refractivity contribution >= 4 is 37.4 Å². The zero-order chi connectivity index (χ0) is 24.3. The minimum absolute atomic E-state index is 0.0875. The van der Waals surface area contributed by atoms with E-state index in [0.717, 1.165) is 5.56 Å². The van der Waals surface area contributed by atoms with Gasteiger partial charge < -0.3 is 10.1 Å². The number of hydrogen-bond donors (Lipinski definition) is 1. The maximum Gasteiger partial charge on any atom is 0.414 e. The number of anilines is 1. The second-order valence-corrected chi connectivity index (χ2v) is 10.3. The SMILES string of the molecule is O=C(N[C@H](Cc1ccccc1)[C@@H]1CN(c2ccc(S(=O)(=O)Cl)cc2)C(=O)O1)c1ccc(F)cc1. The Bertz CT molecular complexity index is 1290. The first-order valence-electron chi connectivity index (χ1n) is 10.3. The molecule has 176 valence electrons. The number of amides is 2. The zero-order valence-corrected chi connectivity index (χ0v) is 19.3. The first-order valence-corrected chi connectivity index (χ1v) is 12.6. The van der Waals surface area contributed by atoms with E-state index in [1.807, 2.05) is 30.3 Å². The van der Waals surface area contributed by atoms with Gasteiger partial charge in [0, 0.05) is 21.9 Å². The largest absolute Gasteiger partial charge is 0.442 e. The van der Waals surface area contributed by atoms with Gasteiger partial charge in [0.2, 0.25) is 0 Å². The summed E-state index contributed by atoms with van der Waals surface area (Å²) in [5.74, 6) is -0.877. The lowest BCUT2D eigenvalue weighted by Gasteiger charge is -2.23. The smallest absolute Gasteiger partial charge is 0.414 e. The highest BCUT2D eigenvalue weighted by atomic mass is 35.7. The van der Waals surface area contributed by atoms with Crippen LogP contribution >= 0.6 is 10.7 Å². The Labute approximate surface area is 200 Å². The van der Waals surface area contributed by atoms with E-state index in [1.165, 1.54) is 53.4 Å². The van der Waals surface area contributed by atoms with E-state index in [2.05, 4.69) is 5.32 Å². The summed E-state index contributed by atoms with van der Waals surface area (Å²) in [6.45, 7) is 0.132. The Morgan fingerprint density at radius 1 is 1.06 bits per heavy atom. The van der Waals surface area contributed by atoms with Crippen LogP contribution in [0.4, 0.5) is 14.9 Å². The van der Waals surface area contributed by atoms with Crippen molar-refractivity contribution in [3.8, 4) is 0 Å². The summed E-state index contributed by atoms with van der Waals surface area (Å²) < 4.78 is 41.8. The summed E-state index contributed by atoms with van der Waals surface area (Å²) >= 11 is 0. The fourth-order valence-electron chi connectivity index (χ4n) is 3.69. The van der Waals surface area contributed by atoms with Crippen molar-refractivity contribution in [2.24, 2.45) is 0 Å². The lowest BCUT2D eigenvalue weighted by Crippen LogP contribution is -2.46. The summed E-state index contributed by atoms with van der Waals surface area (Å²) in [4.78, 5) is 26.7. The Morgan fingerprint density at radius 3 is 2.32 bits per heavy atom. The van der Waals surface area contributed by atoms with Crippen LogP contribution in [0.15, 0.2) is 83.8 Å². The van der Waals surface area contributed by atoms with Crippen LogP contribution in [-0.2, 0) is 20.2 Å². The van der Waals surface area contributed by atoms with Gasteiger partial charge in [0.05, 0.1) is 17.5 Å². The Morgan fingerprint density at radius 2 is 1.71 bits per heavy atom. The van der Waals surface area contributed by atoms with Crippen molar-refractivity contribution in [1.82, 2.24) is 5.32 Å². The lowest BCUT2D eigenvalue weighted by molar-refractivity contribution is 0.0840. The second kappa shape index (κ2) is 9.82. The molecule has 1 fully saturated rings. The maximum atomic E-state index is 13.2. The Kier molecular flexibility index (Phi) is 6.85. The van der Waals surface area contributed by atoms with Crippen LogP contribution in [0, 0.1) is 5.82 Å². The molecule has 7 nitrogen and oxygen atoms in total. The fraction of sp³-hybridized carbons (Fsp3) is 0.167. The molecule has 34 heavy (non-hydrogen) atoms. The molecule has 0 aliphatic carbocycles. The third-order valence-electron chi connectivity index (χ3n) is 5.44. The monoisotopic (exact) mass is 502 g/mol. The molecule has 4 rings (SSSR count). The molecule has 10 heteroatoms. The quantitative estimate of drug-likeness (QED) is 0.491. The van der Waals surface area contributed by atoms with Crippen molar-refractivity contribution in [1.29, 1.82) is 0 Å². The van der Waals surface area contributed by atoms with Crippen molar-refractivity contribution < 1.29 is 27.1 Å². The number of halogens is 2. The van der Waals surface area contributed by atoms with E-state index in [9.17, 15) is 22.4 Å². The van der Waals surface area contributed by atoms with Crippen LogP contribution in [0.3, 0.4) is 0 Å². The normalized spacial score (nSPS) is 16.7. The van der Waals surface area contributed by atoms with Crippen LogP contribution in [0.1, 0.15) is 15.9 Å². The van der Waals surface area contributed by atoms with Crippen molar-refractivity contribution in [2.45, 2.75) is 23.5 Å². The number of rotatable bonds is 7. The number of nitrogens with zero attached hydrogens (tertiary/aromatic N) is 1. The third kappa shape index (κ3) is 5.55. The number of carbonyl (C=O) groups excluding carboxylic acids is 2. The van der Waals surface area contributed by atoms with Gasteiger partial charge in [-0.05, 0) is 60.5 Å². The molecule has 0 unspecified atom stereocenters. The van der Waals surface area contributed by atoms with Crippen LogP contribution in [-0.4, -0.2) is 39.1 Å². The molecule has 0 spiro atoms. The standard InChI is InChI=1S/C24H20ClFN2O5S/c25-34(31,32)20-12-10-19(11-13-20)28-15-22(33-24(28)30)21(14-16-4-2-1-3-5-16)27-23(29)17-6-8-18(26)9-7-17/h1-13,21-22H,14-15H2,(H,27,29)/t21-,22+/m1/s1. The lowest BCUT2D eigenvalue weighted by atomic mass is 10.0. The van der Waals surface area contributed by atoms with Crippen LogP contribution in [0.5, 0.6) is 0 Å². The van der Waals surface area contributed by atoms with Crippen LogP contribution in [0.25, 0.3) is 0 Å². The molecule has 3 aromatic carbocycles. The van der Waals surface area contributed by atoms with Gasteiger partial charge in [-0.1, -0.05) is 30.3 Å². The summed E-state index contributed by atoms with van der Waals surface area (Å²) in [5.41, 5.74) is 1.64. The molecule has 1 heterocycles. The molecule has 0 saturated carbocycles.